The van der Waals surface area contributed by atoms with Gasteiger partial charge in [-0.1, -0.05) is 0 Å². The molecule has 4 aliphatic rings. The fourth-order valence-electron chi connectivity index (χ4n) is 4.22. The molecule has 138 valence electrons. The van der Waals surface area contributed by atoms with Gasteiger partial charge in [-0.2, -0.15) is 0 Å². The highest BCUT2D eigenvalue weighted by Crippen LogP contribution is 2.58. The van der Waals surface area contributed by atoms with E-state index in [0.29, 0.717) is 29.4 Å². The lowest BCUT2D eigenvalue weighted by molar-refractivity contribution is 0.116. The van der Waals surface area contributed by atoms with Crippen LogP contribution < -0.4 is 23.7 Å². The maximum absolute atomic E-state index is 10.4. The van der Waals surface area contributed by atoms with Gasteiger partial charge < -0.3 is 28.8 Å². The minimum Gasteiger partial charge on any atom is -0.507 e. The van der Waals surface area contributed by atoms with Crippen LogP contribution in [0.25, 0.3) is 6.08 Å². The van der Waals surface area contributed by atoms with Crippen LogP contribution in [0.2, 0.25) is 0 Å². The van der Waals surface area contributed by atoms with Gasteiger partial charge in [-0.3, -0.25) is 0 Å². The lowest BCUT2D eigenvalue weighted by Gasteiger charge is -2.35. The Labute approximate surface area is 155 Å². The van der Waals surface area contributed by atoms with Crippen molar-refractivity contribution < 1.29 is 28.8 Å². The second kappa shape index (κ2) is 4.82. The van der Waals surface area contributed by atoms with Crippen LogP contribution in [0.15, 0.2) is 24.3 Å². The number of hydrogen-bond donors (Lipinski definition) is 1. The molecule has 4 heterocycles. The standard InChI is InChI=1S/C21H18O6/c1-21(2)4-3-10-13(22)6-17-18(20(10)27-21)19-12(8-23-17)11-5-15-16(25-9-24-15)7-14(11)26-19/h3-7,12,19,22H,8-9H2,1-2H3/t12-,19+/m1/s1. The molecule has 0 fully saturated rings. The zero-order valence-electron chi connectivity index (χ0n) is 14.9. The molecule has 0 unspecified atom stereocenters. The van der Waals surface area contributed by atoms with Crippen LogP contribution in [0.3, 0.4) is 0 Å². The monoisotopic (exact) mass is 366 g/mol. The highest BCUT2D eigenvalue weighted by Gasteiger charge is 2.45. The second-order valence-corrected chi connectivity index (χ2v) is 7.79. The van der Waals surface area contributed by atoms with Crippen molar-refractivity contribution >= 4 is 6.08 Å². The van der Waals surface area contributed by atoms with Crippen molar-refractivity contribution in [1.82, 2.24) is 0 Å². The Morgan fingerprint density at radius 2 is 1.81 bits per heavy atom. The van der Waals surface area contributed by atoms with E-state index in [9.17, 15) is 5.11 Å². The van der Waals surface area contributed by atoms with E-state index < -0.39 is 5.60 Å². The molecule has 6 heteroatoms. The third-order valence-electron chi connectivity index (χ3n) is 5.54. The topological polar surface area (TPSA) is 66.4 Å². The number of benzene rings is 2. The second-order valence-electron chi connectivity index (χ2n) is 7.79. The van der Waals surface area contributed by atoms with Crippen molar-refractivity contribution in [3.63, 3.8) is 0 Å². The summed E-state index contributed by atoms with van der Waals surface area (Å²) in [4.78, 5) is 0. The van der Waals surface area contributed by atoms with Gasteiger partial charge >= 0.3 is 0 Å². The highest BCUT2D eigenvalue weighted by molar-refractivity contribution is 5.73. The van der Waals surface area contributed by atoms with Crippen molar-refractivity contribution in [3.05, 3.63) is 41.0 Å². The van der Waals surface area contributed by atoms with E-state index in [0.717, 1.165) is 22.6 Å². The molecule has 0 aliphatic carbocycles. The number of phenolic OH excluding ortho intramolecular Hbond substituents is 1. The van der Waals surface area contributed by atoms with Gasteiger partial charge in [0.2, 0.25) is 6.79 Å². The average Bonchev–Trinajstić information content (AvgIpc) is 3.21. The fraction of sp³-hybridized carbons (Fsp3) is 0.333. The third-order valence-corrected chi connectivity index (χ3v) is 5.54. The van der Waals surface area contributed by atoms with Crippen LogP contribution in [0.5, 0.6) is 34.5 Å². The molecule has 6 rings (SSSR count). The Bertz CT molecular complexity index is 1020. The predicted octanol–water partition coefficient (Wildman–Crippen LogP) is 3.91. The summed E-state index contributed by atoms with van der Waals surface area (Å²) in [5, 5.41) is 10.4. The zero-order valence-corrected chi connectivity index (χ0v) is 14.9. The number of ether oxygens (including phenoxy) is 5. The Morgan fingerprint density at radius 3 is 2.67 bits per heavy atom. The first-order chi connectivity index (χ1) is 13.0. The van der Waals surface area contributed by atoms with E-state index in [-0.39, 0.29) is 24.6 Å². The van der Waals surface area contributed by atoms with Crippen molar-refractivity contribution in [2.45, 2.75) is 31.5 Å². The smallest absolute Gasteiger partial charge is 0.231 e. The van der Waals surface area contributed by atoms with E-state index >= 15 is 0 Å². The van der Waals surface area contributed by atoms with E-state index in [1.54, 1.807) is 6.07 Å². The van der Waals surface area contributed by atoms with E-state index in [4.69, 9.17) is 23.7 Å². The summed E-state index contributed by atoms with van der Waals surface area (Å²) in [7, 11) is 0. The van der Waals surface area contributed by atoms with Crippen LogP contribution in [0.1, 0.15) is 42.6 Å². The summed E-state index contributed by atoms with van der Waals surface area (Å²) in [6.45, 7) is 4.65. The average molecular weight is 366 g/mol. The molecule has 0 saturated heterocycles. The zero-order chi connectivity index (χ0) is 18.3. The molecule has 6 nitrogen and oxygen atoms in total. The van der Waals surface area contributed by atoms with E-state index in [1.807, 2.05) is 38.1 Å². The van der Waals surface area contributed by atoms with Crippen LogP contribution in [0.4, 0.5) is 0 Å². The summed E-state index contributed by atoms with van der Waals surface area (Å²) in [5.74, 6) is 3.60. The molecule has 0 radical (unpaired) electrons. The van der Waals surface area contributed by atoms with Crippen molar-refractivity contribution in [3.8, 4) is 34.5 Å². The first-order valence-electron chi connectivity index (χ1n) is 9.01. The van der Waals surface area contributed by atoms with Gasteiger partial charge in [0.05, 0.1) is 23.7 Å². The van der Waals surface area contributed by atoms with Gasteiger partial charge in [-0.15, -0.1) is 0 Å². The van der Waals surface area contributed by atoms with Gasteiger partial charge in [0, 0.05) is 17.7 Å². The molecule has 0 aromatic heterocycles. The number of rotatable bonds is 0. The van der Waals surface area contributed by atoms with Crippen LogP contribution in [0, 0.1) is 0 Å². The summed E-state index contributed by atoms with van der Waals surface area (Å²) >= 11 is 0. The van der Waals surface area contributed by atoms with Crippen molar-refractivity contribution in [1.29, 1.82) is 0 Å². The Balaban J connectivity index is 1.51. The van der Waals surface area contributed by atoms with Crippen LogP contribution in [-0.4, -0.2) is 24.1 Å². The number of hydrogen-bond acceptors (Lipinski definition) is 6. The lowest BCUT2D eigenvalue weighted by Crippen LogP contribution is -2.31. The Hall–Kier alpha value is -3.02. The van der Waals surface area contributed by atoms with Gasteiger partial charge in [0.1, 0.15) is 34.7 Å². The number of fused-ring (bicyclic) bond motifs is 8. The van der Waals surface area contributed by atoms with E-state index in [1.165, 1.54) is 0 Å². The molecule has 0 spiro atoms. The van der Waals surface area contributed by atoms with Crippen molar-refractivity contribution in [2.75, 3.05) is 13.4 Å². The predicted molar refractivity (Wildman–Crippen MR) is 96.0 cm³/mol. The maximum Gasteiger partial charge on any atom is 0.231 e. The number of phenols is 1. The quantitative estimate of drug-likeness (QED) is 0.762. The largest absolute Gasteiger partial charge is 0.507 e. The molecule has 0 bridgehead atoms. The molecule has 2 aromatic carbocycles. The summed E-state index contributed by atoms with van der Waals surface area (Å²) in [6, 6.07) is 5.51. The molecular formula is C21H18O6. The normalized spacial score (nSPS) is 24.7. The summed E-state index contributed by atoms with van der Waals surface area (Å²) in [6.07, 6.45) is 3.59. The lowest BCUT2D eigenvalue weighted by atomic mass is 9.86. The first kappa shape index (κ1) is 15.1. The van der Waals surface area contributed by atoms with Gasteiger partial charge in [-0.05, 0) is 32.1 Å². The van der Waals surface area contributed by atoms with E-state index in [2.05, 4.69) is 0 Å². The maximum atomic E-state index is 10.4. The molecule has 27 heavy (non-hydrogen) atoms. The van der Waals surface area contributed by atoms with Gasteiger partial charge in [0.15, 0.2) is 11.5 Å². The van der Waals surface area contributed by atoms with Gasteiger partial charge in [0.25, 0.3) is 0 Å². The third kappa shape index (κ3) is 2.01. The molecular weight excluding hydrogens is 348 g/mol. The summed E-state index contributed by atoms with van der Waals surface area (Å²) in [5.41, 5.74) is 2.07. The minimum atomic E-state index is -0.476. The molecule has 0 amide bonds. The molecule has 2 atom stereocenters. The Kier molecular flexibility index (Phi) is 2.69. The summed E-state index contributed by atoms with van der Waals surface area (Å²) < 4.78 is 29.6. The molecule has 1 N–H and O–H groups in total. The van der Waals surface area contributed by atoms with Crippen molar-refractivity contribution in [2.24, 2.45) is 0 Å². The first-order valence-corrected chi connectivity index (χ1v) is 9.01. The molecule has 4 aliphatic heterocycles. The Morgan fingerprint density at radius 1 is 1.00 bits per heavy atom. The minimum absolute atomic E-state index is 0.0215. The molecule has 2 aromatic rings. The van der Waals surface area contributed by atoms with Gasteiger partial charge in [-0.25, -0.2) is 0 Å². The number of aromatic hydroxyl groups is 1. The fourth-order valence-corrected chi connectivity index (χ4v) is 4.22. The highest BCUT2D eigenvalue weighted by atomic mass is 16.7. The SMILES string of the molecule is CC1(C)C=Cc2c(O)cc3c(c2O1)[C@H]1Oc2cc4c(cc2[C@H]1CO3)OCO4. The molecule has 0 saturated carbocycles. The van der Waals surface area contributed by atoms with Crippen LogP contribution >= 0.6 is 0 Å². The van der Waals surface area contributed by atoms with Crippen LogP contribution in [-0.2, 0) is 0 Å².